The smallest absolute Gasteiger partial charge is 0.315 e. The Morgan fingerprint density at radius 1 is 1.69 bits per heavy atom. The van der Waals surface area contributed by atoms with Crippen LogP contribution >= 0.6 is 0 Å². The molecule has 74 valence electrons. The SMILES string of the molecule is C=CCNC(=O)N[C@@H]1CCCOC1. The van der Waals surface area contributed by atoms with Crippen molar-refractivity contribution in [3.8, 4) is 0 Å². The fraction of sp³-hybridized carbons (Fsp3) is 0.667. The van der Waals surface area contributed by atoms with E-state index in [0.29, 0.717) is 13.2 Å². The van der Waals surface area contributed by atoms with E-state index >= 15 is 0 Å². The van der Waals surface area contributed by atoms with Crippen molar-refractivity contribution in [2.45, 2.75) is 18.9 Å². The Balaban J connectivity index is 2.14. The number of ether oxygens (including phenoxy) is 1. The second-order valence-corrected chi connectivity index (χ2v) is 3.06. The van der Waals surface area contributed by atoms with Crippen molar-refractivity contribution in [2.24, 2.45) is 0 Å². The Morgan fingerprint density at radius 3 is 3.15 bits per heavy atom. The van der Waals surface area contributed by atoms with Crippen molar-refractivity contribution in [3.63, 3.8) is 0 Å². The molecule has 0 radical (unpaired) electrons. The zero-order chi connectivity index (χ0) is 9.52. The van der Waals surface area contributed by atoms with Crippen LogP contribution in [0.5, 0.6) is 0 Å². The number of carbonyl (C=O) groups excluding carboxylic acids is 1. The molecule has 1 atom stereocenters. The van der Waals surface area contributed by atoms with Crippen molar-refractivity contribution < 1.29 is 9.53 Å². The van der Waals surface area contributed by atoms with Gasteiger partial charge in [0.1, 0.15) is 0 Å². The quantitative estimate of drug-likeness (QED) is 0.633. The molecule has 1 aliphatic rings. The Kier molecular flexibility index (Phi) is 4.32. The molecule has 1 saturated heterocycles. The summed E-state index contributed by atoms with van der Waals surface area (Å²) in [7, 11) is 0. The van der Waals surface area contributed by atoms with E-state index in [0.717, 1.165) is 19.4 Å². The lowest BCUT2D eigenvalue weighted by Gasteiger charge is -2.22. The Hall–Kier alpha value is -1.03. The summed E-state index contributed by atoms with van der Waals surface area (Å²) in [6, 6.07) is 0.0222. The molecule has 0 unspecified atom stereocenters. The third kappa shape index (κ3) is 3.94. The first-order valence-electron chi connectivity index (χ1n) is 4.56. The first kappa shape index (κ1) is 10.1. The van der Waals surface area contributed by atoms with Crippen molar-refractivity contribution in [1.82, 2.24) is 10.6 Å². The van der Waals surface area contributed by atoms with E-state index in [-0.39, 0.29) is 12.1 Å². The van der Waals surface area contributed by atoms with Crippen LogP contribution in [0.2, 0.25) is 0 Å². The molecule has 0 aromatic heterocycles. The molecule has 0 spiro atoms. The summed E-state index contributed by atoms with van der Waals surface area (Å²) in [6.45, 7) is 5.45. The zero-order valence-electron chi connectivity index (χ0n) is 7.71. The monoisotopic (exact) mass is 184 g/mol. The molecule has 1 aliphatic heterocycles. The minimum absolute atomic E-state index is 0.143. The van der Waals surface area contributed by atoms with E-state index in [2.05, 4.69) is 17.2 Å². The minimum atomic E-state index is -0.143. The Morgan fingerprint density at radius 2 is 2.54 bits per heavy atom. The van der Waals surface area contributed by atoms with Crippen LogP contribution in [-0.4, -0.2) is 31.8 Å². The van der Waals surface area contributed by atoms with Gasteiger partial charge in [0.2, 0.25) is 0 Å². The standard InChI is InChI=1S/C9H16N2O2/c1-2-5-10-9(12)11-8-4-3-6-13-7-8/h2,8H,1,3-7H2,(H2,10,11,12)/t8-/m1/s1. The molecule has 4 heteroatoms. The van der Waals surface area contributed by atoms with Crippen LogP contribution in [0.4, 0.5) is 4.79 Å². The summed E-state index contributed by atoms with van der Waals surface area (Å²) in [6.07, 6.45) is 3.67. The average molecular weight is 184 g/mol. The molecule has 0 aromatic rings. The van der Waals surface area contributed by atoms with E-state index in [9.17, 15) is 4.79 Å². The molecule has 13 heavy (non-hydrogen) atoms. The van der Waals surface area contributed by atoms with Crippen molar-refractivity contribution >= 4 is 6.03 Å². The van der Waals surface area contributed by atoms with Gasteiger partial charge in [0.25, 0.3) is 0 Å². The number of carbonyl (C=O) groups is 1. The van der Waals surface area contributed by atoms with Gasteiger partial charge in [0, 0.05) is 13.2 Å². The number of hydrogen-bond acceptors (Lipinski definition) is 2. The first-order chi connectivity index (χ1) is 6.33. The molecule has 2 N–H and O–H groups in total. The lowest BCUT2D eigenvalue weighted by Crippen LogP contribution is -2.45. The van der Waals surface area contributed by atoms with Crippen LogP contribution in [-0.2, 0) is 4.74 Å². The molecule has 0 bridgehead atoms. The summed E-state index contributed by atoms with van der Waals surface area (Å²) in [4.78, 5) is 11.1. The molecule has 4 nitrogen and oxygen atoms in total. The maximum Gasteiger partial charge on any atom is 0.315 e. The van der Waals surface area contributed by atoms with E-state index in [1.54, 1.807) is 6.08 Å². The van der Waals surface area contributed by atoms with Gasteiger partial charge in [-0.2, -0.15) is 0 Å². The van der Waals surface area contributed by atoms with Crippen LogP contribution in [0.3, 0.4) is 0 Å². The second-order valence-electron chi connectivity index (χ2n) is 3.06. The van der Waals surface area contributed by atoms with Crippen molar-refractivity contribution in [1.29, 1.82) is 0 Å². The van der Waals surface area contributed by atoms with Gasteiger partial charge in [-0.05, 0) is 12.8 Å². The van der Waals surface area contributed by atoms with Crippen LogP contribution in [0.25, 0.3) is 0 Å². The van der Waals surface area contributed by atoms with Gasteiger partial charge in [0.15, 0.2) is 0 Å². The van der Waals surface area contributed by atoms with E-state index in [4.69, 9.17) is 4.74 Å². The number of rotatable bonds is 3. The van der Waals surface area contributed by atoms with E-state index in [1.807, 2.05) is 0 Å². The van der Waals surface area contributed by atoms with Gasteiger partial charge in [-0.15, -0.1) is 6.58 Å². The predicted octanol–water partition coefficient (Wildman–Crippen LogP) is 0.651. The van der Waals surface area contributed by atoms with Gasteiger partial charge in [-0.25, -0.2) is 4.79 Å². The number of amides is 2. The predicted molar refractivity (Wildman–Crippen MR) is 50.6 cm³/mol. The minimum Gasteiger partial charge on any atom is -0.379 e. The Bertz CT molecular complexity index is 176. The average Bonchev–Trinajstić information content (AvgIpc) is 2.16. The Labute approximate surface area is 78.3 Å². The summed E-state index contributed by atoms with van der Waals surface area (Å²) >= 11 is 0. The molecule has 0 aromatic carbocycles. The van der Waals surface area contributed by atoms with Gasteiger partial charge >= 0.3 is 6.03 Å². The highest BCUT2D eigenvalue weighted by Crippen LogP contribution is 2.04. The van der Waals surface area contributed by atoms with Gasteiger partial charge in [-0.1, -0.05) is 6.08 Å². The van der Waals surface area contributed by atoms with Gasteiger partial charge in [-0.3, -0.25) is 0 Å². The first-order valence-corrected chi connectivity index (χ1v) is 4.56. The fourth-order valence-electron chi connectivity index (χ4n) is 1.26. The molecule has 0 aliphatic carbocycles. The summed E-state index contributed by atoms with van der Waals surface area (Å²) in [5.41, 5.74) is 0. The number of urea groups is 1. The van der Waals surface area contributed by atoms with Crippen LogP contribution < -0.4 is 10.6 Å². The van der Waals surface area contributed by atoms with E-state index in [1.165, 1.54) is 0 Å². The molecule has 1 rings (SSSR count). The number of hydrogen-bond donors (Lipinski definition) is 2. The number of nitrogens with one attached hydrogen (secondary N) is 2. The molecule has 1 fully saturated rings. The van der Waals surface area contributed by atoms with Crippen LogP contribution in [0.15, 0.2) is 12.7 Å². The van der Waals surface area contributed by atoms with Gasteiger partial charge in [0.05, 0.1) is 12.6 Å². The van der Waals surface area contributed by atoms with Crippen LogP contribution in [0, 0.1) is 0 Å². The highest BCUT2D eigenvalue weighted by atomic mass is 16.5. The summed E-state index contributed by atoms with van der Waals surface area (Å²) in [5.74, 6) is 0. The molecular formula is C9H16N2O2. The van der Waals surface area contributed by atoms with Crippen LogP contribution in [0.1, 0.15) is 12.8 Å². The third-order valence-corrected chi connectivity index (χ3v) is 1.90. The lowest BCUT2D eigenvalue weighted by atomic mass is 10.1. The third-order valence-electron chi connectivity index (χ3n) is 1.90. The summed E-state index contributed by atoms with van der Waals surface area (Å²) in [5, 5.41) is 5.49. The normalized spacial score (nSPS) is 22.0. The molecule has 2 amide bonds. The maximum atomic E-state index is 11.1. The highest BCUT2D eigenvalue weighted by Gasteiger charge is 2.15. The molecular weight excluding hydrogens is 168 g/mol. The molecule has 0 saturated carbocycles. The molecule has 1 heterocycles. The lowest BCUT2D eigenvalue weighted by molar-refractivity contribution is 0.0732. The second kappa shape index (κ2) is 5.59. The largest absolute Gasteiger partial charge is 0.379 e. The topological polar surface area (TPSA) is 50.4 Å². The van der Waals surface area contributed by atoms with Gasteiger partial charge < -0.3 is 15.4 Å². The fourth-order valence-corrected chi connectivity index (χ4v) is 1.26. The van der Waals surface area contributed by atoms with Crippen molar-refractivity contribution in [2.75, 3.05) is 19.8 Å². The maximum absolute atomic E-state index is 11.1. The summed E-state index contributed by atoms with van der Waals surface area (Å²) < 4.78 is 5.22. The zero-order valence-corrected chi connectivity index (χ0v) is 7.71. The highest BCUT2D eigenvalue weighted by molar-refractivity contribution is 5.74. The van der Waals surface area contributed by atoms with Crippen molar-refractivity contribution in [3.05, 3.63) is 12.7 Å². The van der Waals surface area contributed by atoms with E-state index < -0.39 is 0 Å².